The van der Waals surface area contributed by atoms with Gasteiger partial charge in [0, 0.05) is 43.2 Å². The third-order valence-corrected chi connectivity index (χ3v) is 5.94. The Balaban J connectivity index is 0.00000101. The van der Waals surface area contributed by atoms with Crippen LogP contribution in [0.2, 0.25) is 0 Å². The molecule has 1 saturated heterocycles. The summed E-state index contributed by atoms with van der Waals surface area (Å²) in [5.74, 6) is 2.99. The third-order valence-electron chi connectivity index (χ3n) is 5.63. The van der Waals surface area contributed by atoms with E-state index in [1.807, 2.05) is 12.1 Å². The highest BCUT2D eigenvalue weighted by molar-refractivity contribution is 7.95. The van der Waals surface area contributed by atoms with Gasteiger partial charge in [0.1, 0.15) is 12.1 Å². The lowest BCUT2D eigenvalue weighted by atomic mass is 9.74. The van der Waals surface area contributed by atoms with Crippen molar-refractivity contribution in [1.82, 2.24) is 14.7 Å². The van der Waals surface area contributed by atoms with Crippen molar-refractivity contribution in [3.8, 4) is 11.5 Å². The van der Waals surface area contributed by atoms with E-state index in [-0.39, 0.29) is 11.9 Å². The maximum Gasteiger partial charge on any atom is 0.290 e. The lowest BCUT2D eigenvalue weighted by Crippen LogP contribution is -2.42. The number of benzene rings is 1. The lowest BCUT2D eigenvalue weighted by Gasteiger charge is -2.41. The summed E-state index contributed by atoms with van der Waals surface area (Å²) in [5, 5.41) is 13.4. The highest BCUT2D eigenvalue weighted by Gasteiger charge is 2.33. The summed E-state index contributed by atoms with van der Waals surface area (Å²) in [6.07, 6.45) is 3.88. The summed E-state index contributed by atoms with van der Waals surface area (Å²) in [6.45, 7) is 7.24. The number of hydrogen-bond donors (Lipinski definition) is 3. The number of anilines is 1. The number of nitrogens with zero attached hydrogens (tertiary/aromatic N) is 3. The van der Waals surface area contributed by atoms with E-state index in [4.69, 9.17) is 24.5 Å². The zero-order valence-corrected chi connectivity index (χ0v) is 18.7. The number of aromatic nitrogens is 2. The molecule has 3 rings (SSSR count). The minimum Gasteiger partial charge on any atom is -0.493 e. The van der Waals surface area contributed by atoms with Gasteiger partial charge in [0.25, 0.3) is 6.47 Å². The Labute approximate surface area is 181 Å². The van der Waals surface area contributed by atoms with Crippen molar-refractivity contribution in [3.63, 3.8) is 0 Å². The molecule has 0 aliphatic carbocycles. The second-order valence-corrected chi connectivity index (χ2v) is 8.24. The van der Waals surface area contributed by atoms with Gasteiger partial charge in [-0.05, 0) is 30.2 Å². The standard InChI is InChI=1S/C19H29N5O2S.CH2O2/c1-19(2,11-23-27-20)13-5-7-24(8-6-13)18-14-9-16(25-3)17(26-4)10-15(14)21-12-22-18;2-1-3/h9-10,12-13,23H,5-8,11,20H2,1-4H3;1H,(H,2,3). The molecule has 0 spiro atoms. The molecule has 2 aromatic rings. The van der Waals surface area contributed by atoms with Crippen LogP contribution in [0.25, 0.3) is 10.9 Å². The molecule has 0 saturated carbocycles. The summed E-state index contributed by atoms with van der Waals surface area (Å²) >= 11 is 1.20. The molecular formula is C20H31N5O4S. The molecule has 4 N–H and O–H groups in total. The largest absolute Gasteiger partial charge is 0.493 e. The van der Waals surface area contributed by atoms with Gasteiger partial charge in [-0.2, -0.15) is 0 Å². The van der Waals surface area contributed by atoms with Crippen molar-refractivity contribution in [2.45, 2.75) is 26.7 Å². The van der Waals surface area contributed by atoms with Crippen molar-refractivity contribution in [1.29, 1.82) is 0 Å². The zero-order valence-electron chi connectivity index (χ0n) is 17.9. The van der Waals surface area contributed by atoms with Gasteiger partial charge >= 0.3 is 0 Å². The molecule has 1 fully saturated rings. The van der Waals surface area contributed by atoms with Gasteiger partial charge in [-0.3, -0.25) is 14.7 Å². The van der Waals surface area contributed by atoms with Crippen LogP contribution in [0.4, 0.5) is 5.82 Å². The van der Waals surface area contributed by atoms with Crippen LogP contribution in [-0.2, 0) is 4.79 Å². The van der Waals surface area contributed by atoms with E-state index in [0.29, 0.717) is 17.4 Å². The molecular weight excluding hydrogens is 406 g/mol. The van der Waals surface area contributed by atoms with E-state index in [1.54, 1.807) is 20.5 Å². The van der Waals surface area contributed by atoms with Crippen molar-refractivity contribution >= 4 is 35.3 Å². The van der Waals surface area contributed by atoms with Gasteiger partial charge in [-0.1, -0.05) is 13.8 Å². The van der Waals surface area contributed by atoms with Gasteiger partial charge in [0.2, 0.25) is 0 Å². The van der Waals surface area contributed by atoms with Gasteiger partial charge < -0.3 is 19.5 Å². The highest BCUT2D eigenvalue weighted by Crippen LogP contribution is 2.38. The van der Waals surface area contributed by atoms with Crippen LogP contribution in [0.3, 0.4) is 0 Å². The minimum atomic E-state index is -0.250. The van der Waals surface area contributed by atoms with Gasteiger partial charge in [0.05, 0.1) is 19.7 Å². The quantitative estimate of drug-likeness (QED) is 0.440. The maximum atomic E-state index is 8.36. The lowest BCUT2D eigenvalue weighted by molar-refractivity contribution is -0.122. The Bertz CT molecular complexity index is 828. The Morgan fingerprint density at radius 2 is 1.87 bits per heavy atom. The average molecular weight is 438 g/mol. The van der Waals surface area contributed by atoms with Crippen LogP contribution in [0.5, 0.6) is 11.5 Å². The summed E-state index contributed by atoms with van der Waals surface area (Å²) in [4.78, 5) is 19.7. The molecule has 10 heteroatoms. The van der Waals surface area contributed by atoms with E-state index >= 15 is 0 Å². The van der Waals surface area contributed by atoms with Crippen LogP contribution in [0.1, 0.15) is 26.7 Å². The second-order valence-electron chi connectivity index (χ2n) is 7.72. The number of ether oxygens (including phenoxy) is 2. The molecule has 1 aromatic heterocycles. The molecule has 166 valence electrons. The number of fused-ring (bicyclic) bond motifs is 1. The normalized spacial score (nSPS) is 14.8. The minimum absolute atomic E-state index is 0.211. The number of methoxy groups -OCH3 is 2. The number of nitrogens with one attached hydrogen (secondary N) is 1. The Morgan fingerprint density at radius 3 is 2.43 bits per heavy atom. The van der Waals surface area contributed by atoms with E-state index in [2.05, 4.69) is 33.4 Å². The van der Waals surface area contributed by atoms with Crippen molar-refractivity contribution in [2.75, 3.05) is 38.8 Å². The number of piperidine rings is 1. The molecule has 0 amide bonds. The molecule has 9 nitrogen and oxygen atoms in total. The van der Waals surface area contributed by atoms with Crippen LogP contribution in [-0.4, -0.2) is 55.4 Å². The third kappa shape index (κ3) is 5.65. The number of nitrogens with two attached hydrogens (primary N) is 1. The summed E-state index contributed by atoms with van der Waals surface area (Å²) in [7, 11) is 3.28. The average Bonchev–Trinajstić information content (AvgIpc) is 2.77. The van der Waals surface area contributed by atoms with Gasteiger partial charge in [-0.25, -0.2) is 9.97 Å². The summed E-state index contributed by atoms with van der Waals surface area (Å²) in [5.41, 5.74) is 1.08. The first kappa shape index (κ1) is 24.0. The maximum absolute atomic E-state index is 8.36. The predicted octanol–water partition coefficient (Wildman–Crippen LogP) is 2.70. The molecule has 1 aliphatic heterocycles. The number of carboxylic acid groups (broad SMARTS) is 1. The number of hydrogen-bond acceptors (Lipinski definition) is 9. The Kier molecular flexibility index (Phi) is 8.94. The van der Waals surface area contributed by atoms with E-state index < -0.39 is 0 Å². The van der Waals surface area contributed by atoms with Gasteiger partial charge in [-0.15, -0.1) is 0 Å². The first-order chi connectivity index (χ1) is 14.4. The first-order valence-corrected chi connectivity index (χ1v) is 10.6. The van der Waals surface area contributed by atoms with Crippen LogP contribution in [0, 0.1) is 11.3 Å². The number of rotatable bonds is 7. The molecule has 1 aromatic carbocycles. The fourth-order valence-electron chi connectivity index (χ4n) is 3.87. The fraction of sp³-hybridized carbons (Fsp3) is 0.550. The fourth-order valence-corrected chi connectivity index (χ4v) is 4.32. The smallest absolute Gasteiger partial charge is 0.290 e. The molecule has 0 bridgehead atoms. The predicted molar refractivity (Wildman–Crippen MR) is 120 cm³/mol. The zero-order chi connectivity index (χ0) is 22.1. The summed E-state index contributed by atoms with van der Waals surface area (Å²) in [6, 6.07) is 3.88. The molecule has 1 aliphatic rings. The first-order valence-electron chi connectivity index (χ1n) is 9.70. The van der Waals surface area contributed by atoms with Crippen LogP contribution < -0.4 is 24.2 Å². The molecule has 2 heterocycles. The topological polar surface area (TPSA) is 123 Å². The van der Waals surface area contributed by atoms with E-state index in [9.17, 15) is 0 Å². The number of carbonyl (C=O) groups is 1. The molecule has 0 radical (unpaired) electrons. The van der Waals surface area contributed by atoms with Crippen LogP contribution in [0.15, 0.2) is 18.5 Å². The van der Waals surface area contributed by atoms with E-state index in [1.165, 1.54) is 12.1 Å². The van der Waals surface area contributed by atoms with Crippen molar-refractivity contribution in [2.24, 2.45) is 16.5 Å². The molecule has 0 atom stereocenters. The Hall–Kier alpha value is -2.30. The van der Waals surface area contributed by atoms with Crippen molar-refractivity contribution < 1.29 is 19.4 Å². The van der Waals surface area contributed by atoms with Crippen LogP contribution >= 0.6 is 12.1 Å². The summed E-state index contributed by atoms with van der Waals surface area (Å²) < 4.78 is 14.1. The molecule has 30 heavy (non-hydrogen) atoms. The monoisotopic (exact) mass is 437 g/mol. The highest BCUT2D eigenvalue weighted by atomic mass is 32.2. The van der Waals surface area contributed by atoms with Crippen molar-refractivity contribution in [3.05, 3.63) is 18.5 Å². The Morgan fingerprint density at radius 1 is 1.27 bits per heavy atom. The molecule has 0 unspecified atom stereocenters. The SMILES string of the molecule is COc1cc2ncnc(N3CCC(C(C)(C)CNSN)CC3)c2cc1OC.O=CO. The van der Waals surface area contributed by atoms with Gasteiger partial charge in [0.15, 0.2) is 11.5 Å². The second kappa shape index (κ2) is 11.2. The van der Waals surface area contributed by atoms with E-state index in [0.717, 1.165) is 49.2 Å².